The molecule has 0 amide bonds. The van der Waals surface area contributed by atoms with E-state index in [-0.39, 0.29) is 11.2 Å². The number of aromatic nitrogens is 2. The molecule has 6 nitrogen and oxygen atoms in total. The summed E-state index contributed by atoms with van der Waals surface area (Å²) in [5, 5.41) is 2.28. The largest absolute Gasteiger partial charge is 0.378 e. The van der Waals surface area contributed by atoms with Gasteiger partial charge in [-0.25, -0.2) is 4.79 Å². The summed E-state index contributed by atoms with van der Waals surface area (Å²) >= 11 is 0. The van der Waals surface area contributed by atoms with Gasteiger partial charge in [0.15, 0.2) is 0 Å². The highest BCUT2D eigenvalue weighted by Crippen LogP contribution is 2.13. The van der Waals surface area contributed by atoms with Crippen molar-refractivity contribution in [3.05, 3.63) is 75.4 Å². The first-order valence-corrected chi connectivity index (χ1v) is 7.92. The summed E-state index contributed by atoms with van der Waals surface area (Å²) in [7, 11) is 0. The van der Waals surface area contributed by atoms with E-state index in [1.165, 1.54) is 4.68 Å². The molecule has 2 aromatic carbocycles. The molecule has 0 aliphatic carbocycles. The molecule has 0 bridgehead atoms. The molecule has 0 atom stereocenters. The highest BCUT2D eigenvalue weighted by atomic mass is 16.5. The number of morpholine rings is 1. The quantitative estimate of drug-likeness (QED) is 0.709. The van der Waals surface area contributed by atoms with Crippen molar-refractivity contribution < 1.29 is 4.74 Å². The molecule has 24 heavy (non-hydrogen) atoms. The Morgan fingerprint density at radius 2 is 1.50 bits per heavy atom. The topological polar surface area (TPSA) is 56.5 Å². The van der Waals surface area contributed by atoms with Crippen molar-refractivity contribution in [3.8, 4) is 5.69 Å². The molecule has 1 aliphatic rings. The molecule has 0 spiro atoms. The zero-order valence-corrected chi connectivity index (χ0v) is 13.1. The smallest absolute Gasteiger partial charge is 0.355 e. The fraction of sp³-hybridized carbons (Fsp3) is 0.222. The van der Waals surface area contributed by atoms with E-state index < -0.39 is 0 Å². The zero-order chi connectivity index (χ0) is 16.5. The summed E-state index contributed by atoms with van der Waals surface area (Å²) in [5.74, 6) is 0. The summed E-state index contributed by atoms with van der Waals surface area (Å²) in [6.45, 7) is 2.04. The number of benzene rings is 2. The molecule has 4 rings (SSSR count). The molecule has 0 unspecified atom stereocenters. The lowest BCUT2D eigenvalue weighted by atomic mass is 10.2. The number of nitrogens with zero attached hydrogens (tertiary/aromatic N) is 3. The monoisotopic (exact) mass is 323 g/mol. The molecular weight excluding hydrogens is 306 g/mol. The average Bonchev–Trinajstić information content (AvgIpc) is 2.64. The summed E-state index contributed by atoms with van der Waals surface area (Å²) in [6, 6.07) is 16.6. The summed E-state index contributed by atoms with van der Waals surface area (Å²) in [4.78, 5) is 26.0. The third-order valence-corrected chi connectivity index (χ3v) is 4.22. The van der Waals surface area contributed by atoms with Gasteiger partial charge in [0.25, 0.3) is 5.56 Å². The first-order valence-electron chi connectivity index (χ1n) is 7.92. The van der Waals surface area contributed by atoms with Crippen LogP contribution in [0, 0.1) is 0 Å². The van der Waals surface area contributed by atoms with E-state index in [9.17, 15) is 9.59 Å². The maximum atomic E-state index is 13.1. The summed E-state index contributed by atoms with van der Waals surface area (Å²) in [5.41, 5.74) is 0.709. The van der Waals surface area contributed by atoms with Crippen LogP contribution in [0.4, 0.5) is 0 Å². The van der Waals surface area contributed by atoms with Crippen LogP contribution in [-0.2, 0) is 4.74 Å². The minimum absolute atomic E-state index is 0.287. The number of hydrogen-bond donors (Lipinski definition) is 0. The van der Waals surface area contributed by atoms with Crippen LogP contribution in [0.25, 0.3) is 16.6 Å². The SMILES string of the molecule is O=c1c2ccccc2n(-c2ccccc2)c(=O)n1N1CCOCC1. The van der Waals surface area contributed by atoms with Gasteiger partial charge >= 0.3 is 5.69 Å². The van der Waals surface area contributed by atoms with Crippen LogP contribution < -0.4 is 16.3 Å². The maximum Gasteiger partial charge on any atom is 0.355 e. The van der Waals surface area contributed by atoms with Crippen molar-refractivity contribution in [1.82, 2.24) is 9.24 Å². The predicted molar refractivity (Wildman–Crippen MR) is 92.6 cm³/mol. The first-order chi connectivity index (χ1) is 11.8. The zero-order valence-electron chi connectivity index (χ0n) is 13.1. The number of ether oxygens (including phenoxy) is 1. The Hall–Kier alpha value is -2.86. The molecule has 122 valence electrons. The molecule has 1 aromatic heterocycles. The number of rotatable bonds is 2. The van der Waals surface area contributed by atoms with Crippen molar-refractivity contribution in [2.75, 3.05) is 31.3 Å². The molecule has 0 saturated carbocycles. The summed E-state index contributed by atoms with van der Waals surface area (Å²) < 4.78 is 8.17. The fourth-order valence-corrected chi connectivity index (χ4v) is 3.08. The standard InChI is InChI=1S/C18H17N3O3/c22-17-15-8-4-5-9-16(15)20(14-6-2-1-3-7-14)18(23)21(17)19-10-12-24-13-11-19/h1-9H,10-13H2. The van der Waals surface area contributed by atoms with Crippen LogP contribution in [0.5, 0.6) is 0 Å². The normalized spacial score (nSPS) is 14.9. The van der Waals surface area contributed by atoms with Gasteiger partial charge in [-0.15, -0.1) is 0 Å². The molecule has 2 heterocycles. The van der Waals surface area contributed by atoms with Crippen LogP contribution in [0.2, 0.25) is 0 Å². The minimum Gasteiger partial charge on any atom is -0.378 e. The van der Waals surface area contributed by atoms with Crippen LogP contribution in [0.15, 0.2) is 64.2 Å². The Morgan fingerprint density at radius 3 is 2.25 bits per heavy atom. The first kappa shape index (κ1) is 14.7. The van der Waals surface area contributed by atoms with Crippen molar-refractivity contribution in [3.63, 3.8) is 0 Å². The van der Waals surface area contributed by atoms with E-state index in [4.69, 9.17) is 4.74 Å². The Bertz CT molecular complexity index is 986. The molecule has 0 N–H and O–H groups in total. The molecule has 6 heteroatoms. The lowest BCUT2D eigenvalue weighted by molar-refractivity contribution is 0.110. The highest BCUT2D eigenvalue weighted by Gasteiger charge is 2.20. The van der Waals surface area contributed by atoms with E-state index in [1.807, 2.05) is 42.5 Å². The molecule has 1 fully saturated rings. The van der Waals surface area contributed by atoms with Gasteiger partial charge in [0.05, 0.1) is 42.9 Å². The van der Waals surface area contributed by atoms with Crippen molar-refractivity contribution in [2.24, 2.45) is 0 Å². The fourth-order valence-electron chi connectivity index (χ4n) is 3.08. The van der Waals surface area contributed by atoms with Gasteiger partial charge in [-0.3, -0.25) is 9.36 Å². The van der Waals surface area contributed by atoms with E-state index in [2.05, 4.69) is 0 Å². The Kier molecular flexibility index (Phi) is 3.66. The van der Waals surface area contributed by atoms with Gasteiger partial charge in [0, 0.05) is 0 Å². The molecular formula is C18H17N3O3. The molecule has 1 saturated heterocycles. The lowest BCUT2D eigenvalue weighted by Gasteiger charge is -2.30. The van der Waals surface area contributed by atoms with Crippen LogP contribution in [0.1, 0.15) is 0 Å². The van der Waals surface area contributed by atoms with Gasteiger partial charge in [0.1, 0.15) is 0 Å². The number of para-hydroxylation sites is 2. The second kappa shape index (κ2) is 5.98. The van der Waals surface area contributed by atoms with Gasteiger partial charge < -0.3 is 9.75 Å². The van der Waals surface area contributed by atoms with Gasteiger partial charge in [-0.05, 0) is 24.3 Å². The van der Waals surface area contributed by atoms with Gasteiger partial charge in [-0.1, -0.05) is 30.3 Å². The van der Waals surface area contributed by atoms with Crippen molar-refractivity contribution in [1.29, 1.82) is 0 Å². The van der Waals surface area contributed by atoms with E-state index in [1.54, 1.807) is 21.7 Å². The Morgan fingerprint density at radius 1 is 0.833 bits per heavy atom. The molecule has 3 aromatic rings. The van der Waals surface area contributed by atoms with Crippen LogP contribution in [0.3, 0.4) is 0 Å². The molecule has 0 radical (unpaired) electrons. The third-order valence-electron chi connectivity index (χ3n) is 4.22. The minimum atomic E-state index is -0.355. The van der Waals surface area contributed by atoms with Crippen LogP contribution in [-0.4, -0.2) is 35.5 Å². The van der Waals surface area contributed by atoms with Gasteiger partial charge in [0.2, 0.25) is 0 Å². The Labute approximate surface area is 138 Å². The van der Waals surface area contributed by atoms with Gasteiger partial charge in [-0.2, -0.15) is 4.68 Å². The predicted octanol–water partition coefficient (Wildman–Crippen LogP) is 1.12. The van der Waals surface area contributed by atoms with E-state index in [0.717, 1.165) is 5.69 Å². The van der Waals surface area contributed by atoms with E-state index in [0.29, 0.717) is 37.2 Å². The third kappa shape index (κ3) is 2.32. The number of hydrogen-bond acceptors (Lipinski definition) is 4. The van der Waals surface area contributed by atoms with Crippen molar-refractivity contribution >= 4 is 10.9 Å². The van der Waals surface area contributed by atoms with Crippen molar-refractivity contribution in [2.45, 2.75) is 0 Å². The lowest BCUT2D eigenvalue weighted by Crippen LogP contribution is -2.56. The Balaban J connectivity index is 2.07. The maximum absolute atomic E-state index is 13.1. The second-order valence-electron chi connectivity index (χ2n) is 5.65. The number of fused-ring (bicyclic) bond motifs is 1. The second-order valence-corrected chi connectivity index (χ2v) is 5.65. The summed E-state index contributed by atoms with van der Waals surface area (Å²) in [6.07, 6.45) is 0. The highest BCUT2D eigenvalue weighted by molar-refractivity contribution is 5.79. The average molecular weight is 323 g/mol. The molecule has 1 aliphatic heterocycles. The van der Waals surface area contributed by atoms with Crippen LogP contribution >= 0.6 is 0 Å². The van der Waals surface area contributed by atoms with E-state index >= 15 is 0 Å².